The lowest BCUT2D eigenvalue weighted by atomic mass is 10.0. The van der Waals surface area contributed by atoms with Crippen LogP contribution in [0.3, 0.4) is 0 Å². The molecule has 31 heavy (non-hydrogen) atoms. The van der Waals surface area contributed by atoms with E-state index in [1.165, 1.54) is 0 Å². The van der Waals surface area contributed by atoms with E-state index in [9.17, 15) is 18.8 Å². The molecule has 0 aliphatic rings. The minimum Gasteiger partial charge on any atom is -0.394 e. The number of aliphatic hydroxyl groups is 2. The van der Waals surface area contributed by atoms with Crippen molar-refractivity contribution in [1.29, 1.82) is 5.26 Å². The lowest BCUT2D eigenvalue weighted by Crippen LogP contribution is -2.34. The second-order valence-electron chi connectivity index (χ2n) is 7.49. The van der Waals surface area contributed by atoms with Gasteiger partial charge in [0.25, 0.3) is 10.0 Å². The molecule has 0 aliphatic heterocycles. The van der Waals surface area contributed by atoms with Crippen molar-refractivity contribution >= 4 is 32.1 Å². The quantitative estimate of drug-likeness (QED) is 0.458. The van der Waals surface area contributed by atoms with Gasteiger partial charge in [0.2, 0.25) is 0 Å². The SMILES string of the molecule is CCCN(CCC)c1ccc2cc(/C(C)=C(\C#N)S(=O)(=O)NCC(O)CO)ccc2c1. The average molecular weight is 446 g/mol. The average Bonchev–Trinajstić information content (AvgIpc) is 2.76. The summed E-state index contributed by atoms with van der Waals surface area (Å²) in [5.74, 6) is 0. The molecule has 0 saturated heterocycles. The van der Waals surface area contributed by atoms with Crippen LogP contribution in [-0.4, -0.2) is 51.0 Å². The number of nitrogens with one attached hydrogen (secondary N) is 1. The molecule has 2 aromatic carbocycles. The molecule has 1 atom stereocenters. The fourth-order valence-corrected chi connectivity index (χ4v) is 4.59. The number of allylic oxidation sites excluding steroid dienone is 2. The van der Waals surface area contributed by atoms with Crippen molar-refractivity contribution in [3.8, 4) is 6.07 Å². The van der Waals surface area contributed by atoms with E-state index < -0.39 is 27.6 Å². The molecule has 0 spiro atoms. The number of sulfonamides is 1. The van der Waals surface area contributed by atoms with Gasteiger partial charge in [-0.2, -0.15) is 5.26 Å². The summed E-state index contributed by atoms with van der Waals surface area (Å²) in [7, 11) is -4.12. The van der Waals surface area contributed by atoms with Gasteiger partial charge >= 0.3 is 0 Å². The zero-order valence-corrected chi connectivity index (χ0v) is 19.1. The Morgan fingerprint density at radius 3 is 2.32 bits per heavy atom. The molecule has 2 aromatic rings. The van der Waals surface area contributed by atoms with Crippen LogP contribution in [0.15, 0.2) is 41.3 Å². The number of aliphatic hydroxyl groups excluding tert-OH is 2. The van der Waals surface area contributed by atoms with E-state index in [-0.39, 0.29) is 6.54 Å². The number of hydrogen-bond donors (Lipinski definition) is 3. The highest BCUT2D eigenvalue weighted by atomic mass is 32.2. The van der Waals surface area contributed by atoms with E-state index in [0.717, 1.165) is 42.4 Å². The van der Waals surface area contributed by atoms with E-state index in [2.05, 4.69) is 35.6 Å². The van der Waals surface area contributed by atoms with Gasteiger partial charge in [0.15, 0.2) is 4.91 Å². The molecular weight excluding hydrogens is 414 g/mol. The minimum atomic E-state index is -4.12. The maximum Gasteiger partial charge on any atom is 0.251 e. The summed E-state index contributed by atoms with van der Waals surface area (Å²) >= 11 is 0. The van der Waals surface area contributed by atoms with Gasteiger partial charge in [-0.05, 0) is 59.9 Å². The summed E-state index contributed by atoms with van der Waals surface area (Å²) in [5.41, 5.74) is 2.10. The highest BCUT2D eigenvalue weighted by Crippen LogP contribution is 2.28. The monoisotopic (exact) mass is 445 g/mol. The highest BCUT2D eigenvalue weighted by Gasteiger charge is 2.22. The molecule has 0 bridgehead atoms. The second-order valence-corrected chi connectivity index (χ2v) is 9.19. The van der Waals surface area contributed by atoms with Crippen molar-refractivity contribution in [2.75, 3.05) is 31.1 Å². The van der Waals surface area contributed by atoms with Crippen LogP contribution in [0.1, 0.15) is 39.2 Å². The van der Waals surface area contributed by atoms with Crippen molar-refractivity contribution in [2.45, 2.75) is 39.7 Å². The number of benzene rings is 2. The molecule has 8 heteroatoms. The van der Waals surface area contributed by atoms with Crippen molar-refractivity contribution in [3.63, 3.8) is 0 Å². The van der Waals surface area contributed by atoms with Gasteiger partial charge in [-0.25, -0.2) is 13.1 Å². The number of hydrogen-bond acceptors (Lipinski definition) is 6. The first kappa shape index (κ1) is 24.8. The van der Waals surface area contributed by atoms with Gasteiger partial charge in [-0.3, -0.25) is 0 Å². The third-order valence-electron chi connectivity index (χ3n) is 5.04. The number of nitrogens with zero attached hydrogens (tertiary/aromatic N) is 2. The molecule has 2 rings (SSSR count). The maximum absolute atomic E-state index is 12.5. The van der Waals surface area contributed by atoms with Crippen LogP contribution in [-0.2, 0) is 10.0 Å². The summed E-state index contributed by atoms with van der Waals surface area (Å²) in [4.78, 5) is 1.94. The third-order valence-corrected chi connectivity index (χ3v) is 6.52. The fraction of sp³-hybridized carbons (Fsp3) is 0.435. The minimum absolute atomic E-state index is 0.318. The molecule has 3 N–H and O–H groups in total. The summed E-state index contributed by atoms with van der Waals surface area (Å²) < 4.78 is 27.2. The zero-order chi connectivity index (χ0) is 23.0. The van der Waals surface area contributed by atoms with Crippen LogP contribution >= 0.6 is 0 Å². The fourth-order valence-electron chi connectivity index (χ4n) is 3.39. The van der Waals surface area contributed by atoms with Gasteiger partial charge in [0.1, 0.15) is 6.07 Å². The van der Waals surface area contributed by atoms with Crippen molar-refractivity contribution < 1.29 is 18.6 Å². The van der Waals surface area contributed by atoms with Gasteiger partial charge in [-0.1, -0.05) is 32.0 Å². The second kappa shape index (κ2) is 11.3. The van der Waals surface area contributed by atoms with Gasteiger partial charge in [0.05, 0.1) is 12.7 Å². The summed E-state index contributed by atoms with van der Waals surface area (Å²) in [5, 5.41) is 29.7. The number of nitriles is 1. The van der Waals surface area contributed by atoms with Crippen LogP contribution in [0, 0.1) is 11.3 Å². The molecule has 168 valence electrons. The summed E-state index contributed by atoms with van der Waals surface area (Å²) in [6.07, 6.45) is 0.899. The van der Waals surface area contributed by atoms with Crippen molar-refractivity contribution in [1.82, 2.24) is 4.72 Å². The number of rotatable bonds is 11. The molecule has 0 aromatic heterocycles. The molecule has 0 amide bonds. The Bertz CT molecular complexity index is 1070. The van der Waals surface area contributed by atoms with E-state index in [0.29, 0.717) is 11.1 Å². The standard InChI is InChI=1S/C23H31N3O4S/c1-4-10-26(11-5-2)21-9-8-19-12-18(6-7-20(19)13-21)17(3)23(14-24)31(29,30)25-15-22(28)16-27/h6-9,12-13,22,25,27-28H,4-5,10-11,15-16H2,1-3H3/b23-17+. The van der Waals surface area contributed by atoms with Crippen LogP contribution in [0.25, 0.3) is 16.3 Å². The summed E-state index contributed by atoms with van der Waals surface area (Å²) in [6.45, 7) is 6.93. The molecule has 0 aliphatic carbocycles. The van der Waals surface area contributed by atoms with E-state index >= 15 is 0 Å². The molecular formula is C23H31N3O4S. The Labute approximate surface area is 184 Å². The van der Waals surface area contributed by atoms with Gasteiger partial charge in [0, 0.05) is 25.3 Å². The van der Waals surface area contributed by atoms with Crippen molar-refractivity contribution in [3.05, 3.63) is 46.9 Å². The number of anilines is 1. The van der Waals surface area contributed by atoms with Crippen LogP contribution in [0.4, 0.5) is 5.69 Å². The lowest BCUT2D eigenvalue weighted by molar-refractivity contribution is 0.0989. The molecule has 0 heterocycles. The van der Waals surface area contributed by atoms with Crippen LogP contribution in [0.2, 0.25) is 0 Å². The molecule has 0 radical (unpaired) electrons. The van der Waals surface area contributed by atoms with Gasteiger partial charge < -0.3 is 15.1 Å². The topological polar surface area (TPSA) is 114 Å². The first-order chi connectivity index (χ1) is 14.8. The molecule has 0 fully saturated rings. The van der Waals surface area contributed by atoms with Gasteiger partial charge in [-0.15, -0.1) is 0 Å². The summed E-state index contributed by atoms with van der Waals surface area (Å²) in [6, 6.07) is 13.6. The first-order valence-corrected chi connectivity index (χ1v) is 11.9. The highest BCUT2D eigenvalue weighted by molar-refractivity contribution is 7.93. The Balaban J connectivity index is 2.40. The number of fused-ring (bicyclic) bond motifs is 1. The third kappa shape index (κ3) is 6.28. The molecule has 0 saturated carbocycles. The van der Waals surface area contributed by atoms with E-state index in [1.54, 1.807) is 19.1 Å². The van der Waals surface area contributed by atoms with Crippen molar-refractivity contribution in [2.24, 2.45) is 0 Å². The maximum atomic E-state index is 12.5. The normalized spacial score (nSPS) is 13.5. The lowest BCUT2D eigenvalue weighted by Gasteiger charge is -2.24. The largest absolute Gasteiger partial charge is 0.394 e. The molecule has 1 unspecified atom stereocenters. The van der Waals surface area contributed by atoms with E-state index in [4.69, 9.17) is 5.11 Å². The zero-order valence-electron chi connectivity index (χ0n) is 18.3. The molecule has 7 nitrogen and oxygen atoms in total. The Morgan fingerprint density at radius 2 is 1.74 bits per heavy atom. The van der Waals surface area contributed by atoms with E-state index in [1.807, 2.05) is 18.2 Å². The van der Waals surface area contributed by atoms with Crippen LogP contribution < -0.4 is 9.62 Å². The predicted molar refractivity (Wildman–Crippen MR) is 125 cm³/mol. The Hall–Kier alpha value is -2.44. The smallest absolute Gasteiger partial charge is 0.251 e. The Morgan fingerprint density at radius 1 is 1.13 bits per heavy atom. The predicted octanol–water partition coefficient (Wildman–Crippen LogP) is 2.99. The van der Waals surface area contributed by atoms with Crippen LogP contribution in [0.5, 0.6) is 0 Å². The Kier molecular flexibility index (Phi) is 9.01. The first-order valence-electron chi connectivity index (χ1n) is 10.5.